The second kappa shape index (κ2) is 16.2. The van der Waals surface area contributed by atoms with Gasteiger partial charge in [-0.25, -0.2) is 4.68 Å². The maximum atomic E-state index is 13.5. The van der Waals surface area contributed by atoms with E-state index in [4.69, 9.17) is 21.3 Å². The predicted molar refractivity (Wildman–Crippen MR) is 222 cm³/mol. The van der Waals surface area contributed by atoms with Gasteiger partial charge in [-0.3, -0.25) is 34.1 Å². The Kier molecular flexibility index (Phi) is 10.7. The van der Waals surface area contributed by atoms with Crippen LogP contribution in [0.1, 0.15) is 83.0 Å². The van der Waals surface area contributed by atoms with Crippen LogP contribution >= 0.6 is 22.9 Å². The Hall–Kier alpha value is -6.43. The minimum atomic E-state index is -0.816. The zero-order valence-corrected chi connectivity index (χ0v) is 33.4. The molecule has 1 fully saturated rings. The molecule has 2 aliphatic rings. The third kappa shape index (κ3) is 7.78. The van der Waals surface area contributed by atoms with Crippen LogP contribution in [-0.4, -0.2) is 54.6 Å². The third-order valence-electron chi connectivity index (χ3n) is 10.1. The number of rotatable bonds is 9. The van der Waals surface area contributed by atoms with E-state index in [-0.39, 0.29) is 31.1 Å². The fraction of sp³-hybridized carbons (Fsp3) is 0.256. The van der Waals surface area contributed by atoms with Gasteiger partial charge >= 0.3 is 0 Å². The summed E-state index contributed by atoms with van der Waals surface area (Å²) in [5.41, 5.74) is 4.79. The van der Waals surface area contributed by atoms with Crippen molar-refractivity contribution in [2.75, 3.05) is 11.9 Å². The van der Waals surface area contributed by atoms with Crippen LogP contribution in [0.5, 0.6) is 5.75 Å². The van der Waals surface area contributed by atoms with Crippen LogP contribution in [0.25, 0.3) is 15.8 Å². The molecule has 0 saturated carbocycles. The summed E-state index contributed by atoms with van der Waals surface area (Å²) in [5.74, 6) is 7.19. The minimum Gasteiger partial charge on any atom is -0.494 e. The molecule has 2 atom stereocenters. The Morgan fingerprint density at radius 1 is 1.03 bits per heavy atom. The summed E-state index contributed by atoms with van der Waals surface area (Å²) < 4.78 is 9.09. The normalized spacial score (nSPS) is 16.0. The number of ether oxygens (including phenoxy) is 1. The maximum Gasteiger partial charge on any atom is 0.275 e. The number of carbonyl (C=O) groups excluding carboxylic acids is 3. The van der Waals surface area contributed by atoms with Gasteiger partial charge in [0.25, 0.3) is 11.5 Å². The van der Waals surface area contributed by atoms with E-state index in [0.29, 0.717) is 52.5 Å². The van der Waals surface area contributed by atoms with Crippen molar-refractivity contribution in [3.8, 4) is 22.6 Å². The number of halogens is 1. The molecule has 8 rings (SSSR count). The average molecular weight is 813 g/mol. The Balaban J connectivity index is 0.866. The van der Waals surface area contributed by atoms with Gasteiger partial charge in [0.05, 0.1) is 30.3 Å². The number of nitrogens with zero attached hydrogens (tertiary/aromatic N) is 6. The average Bonchev–Trinajstić information content (AvgIpc) is 3.69. The second-order valence-electron chi connectivity index (χ2n) is 14.1. The number of hydrogen-bond acceptors (Lipinski definition) is 10. The number of nitrogens with one attached hydrogen (secondary N) is 2. The summed E-state index contributed by atoms with van der Waals surface area (Å²) in [5, 5.41) is 21.0. The quantitative estimate of drug-likeness (QED) is 0.0923. The fourth-order valence-corrected chi connectivity index (χ4v) is 8.39. The topological polar surface area (TPSA) is 162 Å². The number of amides is 3. The predicted octanol–water partition coefficient (Wildman–Crippen LogP) is 6.73. The van der Waals surface area contributed by atoms with Crippen molar-refractivity contribution >= 4 is 62.8 Å². The smallest absolute Gasteiger partial charge is 0.275 e. The van der Waals surface area contributed by atoms with Crippen molar-refractivity contribution in [1.29, 1.82) is 0 Å². The maximum absolute atomic E-state index is 13.5. The first-order valence-electron chi connectivity index (χ1n) is 18.8. The van der Waals surface area contributed by atoms with Crippen LogP contribution in [0.4, 0.5) is 5.69 Å². The van der Waals surface area contributed by atoms with E-state index >= 15 is 0 Å². The Morgan fingerprint density at radius 3 is 2.60 bits per heavy atom. The molecule has 1 unspecified atom stereocenters. The van der Waals surface area contributed by atoms with Crippen LogP contribution in [0.2, 0.25) is 5.02 Å². The molecule has 0 aliphatic carbocycles. The van der Waals surface area contributed by atoms with Gasteiger partial charge in [-0.1, -0.05) is 35.6 Å². The molecule has 0 spiro atoms. The molecule has 15 heteroatoms. The van der Waals surface area contributed by atoms with E-state index in [1.54, 1.807) is 41.7 Å². The van der Waals surface area contributed by atoms with Gasteiger partial charge in [0.15, 0.2) is 5.82 Å². The second-order valence-corrected chi connectivity index (χ2v) is 15.7. The van der Waals surface area contributed by atoms with E-state index in [2.05, 4.69) is 51.6 Å². The SMILES string of the molecule is Cc1sc2c(c1C)C(c1ccc(Cl)cc1)=N[C@@H](CC(=O)Nc1ccc(OCCCC#Cc3ccc4c(=O)n(C5CCC(=O)NC5=O)ncc4c3)cc1)c1nnc(C)n1-2. The lowest BCUT2D eigenvalue weighted by atomic mass is 9.99. The van der Waals surface area contributed by atoms with Gasteiger partial charge in [-0.15, -0.1) is 21.5 Å². The summed E-state index contributed by atoms with van der Waals surface area (Å²) in [6, 6.07) is 18.6. The molecule has 5 heterocycles. The van der Waals surface area contributed by atoms with Gasteiger partial charge in [-0.2, -0.15) is 5.10 Å². The number of imide groups is 1. The highest BCUT2D eigenvalue weighted by Crippen LogP contribution is 2.39. The van der Waals surface area contributed by atoms with Crippen LogP contribution in [0.3, 0.4) is 0 Å². The molecule has 1 saturated heterocycles. The number of thiophene rings is 1. The monoisotopic (exact) mass is 812 g/mol. The minimum absolute atomic E-state index is 0.0574. The molecule has 292 valence electrons. The van der Waals surface area contributed by atoms with E-state index in [1.165, 1.54) is 11.1 Å². The van der Waals surface area contributed by atoms with Crippen molar-refractivity contribution in [3.05, 3.63) is 127 Å². The van der Waals surface area contributed by atoms with E-state index in [1.807, 2.05) is 47.9 Å². The zero-order valence-electron chi connectivity index (χ0n) is 31.8. The van der Waals surface area contributed by atoms with Crippen LogP contribution < -0.4 is 20.9 Å². The molecular weight excluding hydrogens is 776 g/mol. The van der Waals surface area contributed by atoms with Crippen LogP contribution in [0.15, 0.2) is 82.7 Å². The largest absolute Gasteiger partial charge is 0.494 e. The van der Waals surface area contributed by atoms with Crippen molar-refractivity contribution in [2.24, 2.45) is 4.99 Å². The van der Waals surface area contributed by atoms with Crippen LogP contribution in [-0.2, 0) is 14.4 Å². The summed E-state index contributed by atoms with van der Waals surface area (Å²) in [6.07, 6.45) is 3.26. The molecule has 13 nitrogen and oxygen atoms in total. The molecule has 3 aromatic heterocycles. The van der Waals surface area contributed by atoms with Crippen LogP contribution in [0, 0.1) is 32.6 Å². The molecule has 2 N–H and O–H groups in total. The van der Waals surface area contributed by atoms with E-state index < -0.39 is 23.6 Å². The highest BCUT2D eigenvalue weighted by molar-refractivity contribution is 7.15. The van der Waals surface area contributed by atoms with Crippen molar-refractivity contribution in [1.82, 2.24) is 29.9 Å². The molecule has 3 aromatic carbocycles. The Bertz CT molecular complexity index is 2760. The third-order valence-corrected chi connectivity index (χ3v) is 11.6. The number of aliphatic imine (C=N–C) groups is 1. The number of unbranched alkanes of at least 4 members (excludes halogenated alkanes) is 1. The number of aryl methyl sites for hydroxylation is 2. The first-order valence-corrected chi connectivity index (χ1v) is 20.0. The zero-order chi connectivity index (χ0) is 40.5. The van der Waals surface area contributed by atoms with E-state index in [9.17, 15) is 19.2 Å². The number of anilines is 1. The number of aromatic nitrogens is 5. The fourth-order valence-electron chi connectivity index (χ4n) is 7.05. The molecule has 6 aromatic rings. The summed E-state index contributed by atoms with van der Waals surface area (Å²) in [6.45, 7) is 6.54. The lowest BCUT2D eigenvalue weighted by Crippen LogP contribution is -2.45. The Morgan fingerprint density at radius 2 is 1.83 bits per heavy atom. The number of fused-ring (bicyclic) bond motifs is 4. The molecule has 3 amide bonds. The van der Waals surface area contributed by atoms with Crippen molar-refractivity contribution in [3.63, 3.8) is 0 Å². The first kappa shape index (κ1) is 38.4. The number of piperidine rings is 1. The highest BCUT2D eigenvalue weighted by atomic mass is 35.5. The van der Waals surface area contributed by atoms with Gasteiger partial charge in [-0.05, 0) is 93.8 Å². The van der Waals surface area contributed by atoms with Gasteiger partial charge in [0.2, 0.25) is 11.8 Å². The number of benzene rings is 3. The van der Waals surface area contributed by atoms with Gasteiger partial charge < -0.3 is 10.1 Å². The highest BCUT2D eigenvalue weighted by Gasteiger charge is 2.33. The number of carbonyl (C=O) groups is 3. The Labute approximate surface area is 342 Å². The van der Waals surface area contributed by atoms with Gasteiger partial charge in [0.1, 0.15) is 28.7 Å². The molecule has 2 aliphatic heterocycles. The standard InChI is InChI=1S/C43H37ClN8O5S/c1-24-25(2)58-43-38(24)39(28-9-11-30(44)12-10-28)47-34(40-50-49-26(3)51(40)43)22-37(54)46-31-13-15-32(16-14-31)57-20-6-4-5-7-27-8-17-33-29(21-27)23-45-52(42(33)56)35-18-19-36(53)48-41(35)55/h8-17,21,23,34-35H,4,6,18-20,22H2,1-3H3,(H,46,54)(H,48,53,55)/t34-,35?/m0/s1. The summed E-state index contributed by atoms with van der Waals surface area (Å²) in [7, 11) is 0. The summed E-state index contributed by atoms with van der Waals surface area (Å²) in [4.78, 5) is 56.7. The van der Waals surface area contributed by atoms with Crippen molar-refractivity contribution in [2.45, 2.75) is 65.0 Å². The van der Waals surface area contributed by atoms with Gasteiger partial charge in [0, 0.05) is 50.5 Å². The summed E-state index contributed by atoms with van der Waals surface area (Å²) >= 11 is 7.90. The lowest BCUT2D eigenvalue weighted by molar-refractivity contribution is -0.136. The molecule has 0 bridgehead atoms. The molecule has 58 heavy (non-hydrogen) atoms. The molecule has 0 radical (unpaired) electrons. The van der Waals surface area contributed by atoms with E-state index in [0.717, 1.165) is 43.5 Å². The van der Waals surface area contributed by atoms with Crippen molar-refractivity contribution < 1.29 is 19.1 Å². The lowest BCUT2D eigenvalue weighted by Gasteiger charge is -2.21. The first-order chi connectivity index (χ1) is 28.0. The number of hydrogen-bond donors (Lipinski definition) is 2. The molecular formula is C43H37ClN8O5S.